The van der Waals surface area contributed by atoms with Gasteiger partial charge in [0.1, 0.15) is 18.1 Å². The average Bonchev–Trinajstić information content (AvgIpc) is 3.05. The number of rotatable bonds is 6. The normalized spacial score (nSPS) is 13.5. The Morgan fingerprint density at radius 3 is 2.58 bits per heavy atom. The highest BCUT2D eigenvalue weighted by atomic mass is 16.7. The highest BCUT2D eigenvalue weighted by molar-refractivity contribution is 5.55. The Morgan fingerprint density at radius 2 is 1.92 bits per heavy atom. The molecular weight excluding hydrogens is 304 g/mol. The van der Waals surface area contributed by atoms with Gasteiger partial charge in [0, 0.05) is 17.5 Å². The number of methoxy groups -OCH3 is 1. The number of fused-ring (bicyclic) bond motifs is 1. The van der Waals surface area contributed by atoms with E-state index in [9.17, 15) is 0 Å². The molecule has 1 atom stereocenters. The molecule has 0 saturated carbocycles. The Kier molecular flexibility index (Phi) is 4.65. The molecule has 2 aromatic carbocycles. The Hall–Kier alpha value is -2.62. The van der Waals surface area contributed by atoms with Crippen molar-refractivity contribution in [3.63, 3.8) is 0 Å². The molecule has 0 amide bonds. The molecule has 1 aliphatic heterocycles. The highest BCUT2D eigenvalue weighted by Gasteiger charge is 2.22. The molecule has 0 aromatic heterocycles. The van der Waals surface area contributed by atoms with Crippen molar-refractivity contribution in [2.45, 2.75) is 19.8 Å². The summed E-state index contributed by atoms with van der Waals surface area (Å²) in [7, 11) is 1.69. The summed E-state index contributed by atoms with van der Waals surface area (Å²) in [5, 5.41) is 0. The largest absolute Gasteiger partial charge is 0.496 e. The Balaban J connectivity index is 2.00. The average molecular weight is 326 g/mol. The smallest absolute Gasteiger partial charge is 0.231 e. The molecule has 4 nitrogen and oxygen atoms in total. The van der Waals surface area contributed by atoms with E-state index in [0.717, 1.165) is 34.1 Å². The summed E-state index contributed by atoms with van der Waals surface area (Å²) in [4.78, 5) is 0. The summed E-state index contributed by atoms with van der Waals surface area (Å²) >= 11 is 0. The number of aryl methyl sites for hydroxylation is 1. The monoisotopic (exact) mass is 326 g/mol. The van der Waals surface area contributed by atoms with E-state index < -0.39 is 0 Å². The van der Waals surface area contributed by atoms with Crippen LogP contribution < -0.4 is 18.9 Å². The van der Waals surface area contributed by atoms with Gasteiger partial charge in [-0.3, -0.25) is 0 Å². The van der Waals surface area contributed by atoms with Gasteiger partial charge in [-0.25, -0.2) is 0 Å². The molecule has 1 unspecified atom stereocenters. The van der Waals surface area contributed by atoms with E-state index in [-0.39, 0.29) is 12.7 Å². The number of ether oxygens (including phenoxy) is 4. The van der Waals surface area contributed by atoms with E-state index in [1.165, 1.54) is 5.56 Å². The predicted octanol–water partition coefficient (Wildman–Crippen LogP) is 4.45. The van der Waals surface area contributed by atoms with Gasteiger partial charge < -0.3 is 18.9 Å². The first-order chi connectivity index (χ1) is 11.6. The highest BCUT2D eigenvalue weighted by Crippen LogP contribution is 2.42. The van der Waals surface area contributed by atoms with Gasteiger partial charge in [-0.2, -0.15) is 0 Å². The maximum Gasteiger partial charge on any atom is 0.231 e. The van der Waals surface area contributed by atoms with Crippen LogP contribution in [0.15, 0.2) is 43.0 Å². The fourth-order valence-electron chi connectivity index (χ4n) is 2.90. The van der Waals surface area contributed by atoms with Crippen LogP contribution in [0.5, 0.6) is 23.0 Å². The zero-order chi connectivity index (χ0) is 17.1. The van der Waals surface area contributed by atoms with E-state index in [4.69, 9.17) is 18.9 Å². The van der Waals surface area contributed by atoms with Crippen LogP contribution in [-0.4, -0.2) is 20.5 Å². The molecule has 3 rings (SSSR count). The number of hydrogen-bond donors (Lipinski definition) is 0. The van der Waals surface area contributed by atoms with Crippen LogP contribution in [0.3, 0.4) is 0 Å². The molecular formula is C20H22O4. The second-order valence-electron chi connectivity index (χ2n) is 5.79. The second-order valence-corrected chi connectivity index (χ2v) is 5.79. The van der Waals surface area contributed by atoms with Crippen molar-refractivity contribution in [2.75, 3.05) is 20.5 Å². The van der Waals surface area contributed by atoms with E-state index in [2.05, 4.69) is 25.6 Å². The lowest BCUT2D eigenvalue weighted by atomic mass is 9.91. The van der Waals surface area contributed by atoms with Crippen LogP contribution in [0.25, 0.3) is 0 Å². The van der Waals surface area contributed by atoms with Crippen LogP contribution in [0.1, 0.15) is 29.5 Å². The number of hydrogen-bond acceptors (Lipinski definition) is 4. The first kappa shape index (κ1) is 16.2. The minimum Gasteiger partial charge on any atom is -0.496 e. The Morgan fingerprint density at radius 1 is 1.17 bits per heavy atom. The third-order valence-corrected chi connectivity index (χ3v) is 4.25. The molecule has 4 heteroatoms. The van der Waals surface area contributed by atoms with E-state index in [1.54, 1.807) is 13.2 Å². The van der Waals surface area contributed by atoms with Gasteiger partial charge >= 0.3 is 0 Å². The van der Waals surface area contributed by atoms with Gasteiger partial charge in [-0.05, 0) is 30.2 Å². The molecule has 2 aromatic rings. The molecule has 24 heavy (non-hydrogen) atoms. The quantitative estimate of drug-likeness (QED) is 0.735. The third-order valence-electron chi connectivity index (χ3n) is 4.25. The molecule has 0 bridgehead atoms. The van der Waals surface area contributed by atoms with Crippen LogP contribution >= 0.6 is 0 Å². The summed E-state index contributed by atoms with van der Waals surface area (Å²) in [6.45, 7) is 8.61. The topological polar surface area (TPSA) is 36.9 Å². The zero-order valence-electron chi connectivity index (χ0n) is 14.3. The number of benzene rings is 2. The summed E-state index contributed by atoms with van der Waals surface area (Å²) < 4.78 is 22.2. The van der Waals surface area contributed by atoms with Crippen LogP contribution in [0, 0.1) is 6.92 Å². The van der Waals surface area contributed by atoms with Crippen molar-refractivity contribution in [1.82, 2.24) is 0 Å². The second kappa shape index (κ2) is 6.87. The lowest BCUT2D eigenvalue weighted by molar-refractivity contribution is 0.174. The van der Waals surface area contributed by atoms with Gasteiger partial charge in [-0.15, -0.1) is 0 Å². The molecule has 0 aliphatic carbocycles. The van der Waals surface area contributed by atoms with Crippen molar-refractivity contribution in [3.05, 3.63) is 59.7 Å². The van der Waals surface area contributed by atoms with Crippen LogP contribution in [0.2, 0.25) is 0 Å². The van der Waals surface area contributed by atoms with Gasteiger partial charge in [0.05, 0.1) is 7.11 Å². The Bertz CT molecular complexity index is 752. The lowest BCUT2D eigenvalue weighted by Gasteiger charge is -2.19. The zero-order valence-corrected chi connectivity index (χ0v) is 14.3. The molecule has 0 radical (unpaired) electrons. The summed E-state index contributed by atoms with van der Waals surface area (Å²) in [6, 6.07) is 10.1. The summed E-state index contributed by atoms with van der Waals surface area (Å²) in [5.74, 6) is 3.30. The maximum absolute atomic E-state index is 5.85. The van der Waals surface area contributed by atoms with Crippen molar-refractivity contribution in [3.8, 4) is 23.0 Å². The molecule has 126 valence electrons. The van der Waals surface area contributed by atoms with Crippen molar-refractivity contribution in [1.29, 1.82) is 0 Å². The summed E-state index contributed by atoms with van der Waals surface area (Å²) in [6.07, 6.45) is 1.73. The summed E-state index contributed by atoms with van der Waals surface area (Å²) in [5.41, 5.74) is 3.36. The van der Waals surface area contributed by atoms with Gasteiger partial charge in [0.25, 0.3) is 0 Å². The SMILES string of the molecule is C=CCOc1cc2c(cc1C(C)c1ccc(OC)c(C)c1)OCO2. The molecule has 1 aliphatic rings. The van der Waals surface area contributed by atoms with Gasteiger partial charge in [0.15, 0.2) is 11.5 Å². The molecule has 0 fully saturated rings. The first-order valence-corrected chi connectivity index (χ1v) is 7.95. The standard InChI is InChI=1S/C20H22O4/c1-5-8-22-18-11-20-19(23-12-24-20)10-16(18)14(3)15-6-7-17(21-4)13(2)9-15/h5-7,9-11,14H,1,8,12H2,2-4H3. The third kappa shape index (κ3) is 3.04. The van der Waals surface area contributed by atoms with Crippen molar-refractivity contribution < 1.29 is 18.9 Å². The van der Waals surface area contributed by atoms with E-state index in [1.807, 2.05) is 25.1 Å². The minimum atomic E-state index is 0.143. The van der Waals surface area contributed by atoms with E-state index in [0.29, 0.717) is 6.61 Å². The van der Waals surface area contributed by atoms with Gasteiger partial charge in [-0.1, -0.05) is 31.7 Å². The lowest BCUT2D eigenvalue weighted by Crippen LogP contribution is -2.03. The molecule has 0 spiro atoms. The maximum atomic E-state index is 5.85. The van der Waals surface area contributed by atoms with Crippen molar-refractivity contribution >= 4 is 0 Å². The van der Waals surface area contributed by atoms with Crippen LogP contribution in [0.4, 0.5) is 0 Å². The van der Waals surface area contributed by atoms with Gasteiger partial charge in [0.2, 0.25) is 6.79 Å². The predicted molar refractivity (Wildman–Crippen MR) is 93.5 cm³/mol. The first-order valence-electron chi connectivity index (χ1n) is 7.95. The van der Waals surface area contributed by atoms with Crippen molar-refractivity contribution in [2.24, 2.45) is 0 Å². The fourth-order valence-corrected chi connectivity index (χ4v) is 2.90. The molecule has 0 saturated heterocycles. The molecule has 0 N–H and O–H groups in total. The fraction of sp³-hybridized carbons (Fsp3) is 0.300. The Labute approximate surface area is 142 Å². The van der Waals surface area contributed by atoms with E-state index >= 15 is 0 Å². The van der Waals surface area contributed by atoms with Crippen LogP contribution in [-0.2, 0) is 0 Å². The minimum absolute atomic E-state index is 0.143. The molecule has 1 heterocycles.